The summed E-state index contributed by atoms with van der Waals surface area (Å²) < 4.78 is 15.3. The minimum absolute atomic E-state index is 0.109. The first-order valence-corrected chi connectivity index (χ1v) is 8.98. The van der Waals surface area contributed by atoms with Crippen molar-refractivity contribution in [1.82, 2.24) is 5.32 Å². The van der Waals surface area contributed by atoms with E-state index in [1.165, 1.54) is 11.3 Å². The van der Waals surface area contributed by atoms with Gasteiger partial charge in [0.25, 0.3) is 0 Å². The molecule has 0 bridgehead atoms. The maximum atomic E-state index is 12.4. The first-order valence-electron chi connectivity index (χ1n) is 8.04. The smallest absolute Gasteiger partial charge is 0.408 e. The van der Waals surface area contributed by atoms with Gasteiger partial charge in [-0.2, -0.15) is 11.3 Å². The zero-order valence-electron chi connectivity index (χ0n) is 15.2. The Bertz CT molecular complexity index is 560. The van der Waals surface area contributed by atoms with Gasteiger partial charge in [-0.05, 0) is 57.0 Å². The Morgan fingerprint density at radius 3 is 2.08 bits per heavy atom. The van der Waals surface area contributed by atoms with E-state index in [-0.39, 0.29) is 13.2 Å². The van der Waals surface area contributed by atoms with Gasteiger partial charge in [0.2, 0.25) is 0 Å². The third-order valence-electron chi connectivity index (χ3n) is 2.99. The number of carbonyl (C=O) groups is 3. The molecule has 0 aliphatic carbocycles. The fourth-order valence-corrected chi connectivity index (χ4v) is 2.77. The van der Waals surface area contributed by atoms with Gasteiger partial charge >= 0.3 is 18.0 Å². The second-order valence-electron chi connectivity index (χ2n) is 6.16. The van der Waals surface area contributed by atoms with Crippen molar-refractivity contribution in [1.29, 1.82) is 0 Å². The lowest BCUT2D eigenvalue weighted by Gasteiger charge is -2.27. The van der Waals surface area contributed by atoms with Crippen molar-refractivity contribution in [3.05, 3.63) is 22.4 Å². The Labute approximate surface area is 151 Å². The van der Waals surface area contributed by atoms with Crippen LogP contribution in [0.1, 0.15) is 46.2 Å². The lowest BCUT2D eigenvalue weighted by molar-refractivity contribution is -0.163. The largest absolute Gasteiger partial charge is 0.465 e. The molecule has 1 amide bonds. The molecule has 1 aromatic rings. The van der Waals surface area contributed by atoms with Crippen molar-refractivity contribution < 1.29 is 28.6 Å². The third-order valence-corrected chi connectivity index (χ3v) is 3.69. The maximum Gasteiger partial charge on any atom is 0.408 e. The molecule has 0 aliphatic heterocycles. The summed E-state index contributed by atoms with van der Waals surface area (Å²) in [6, 6.07) is 0.775. The fraction of sp³-hybridized carbons (Fsp3) is 0.588. The van der Waals surface area contributed by atoms with Crippen LogP contribution in [0, 0.1) is 5.92 Å². The summed E-state index contributed by atoms with van der Waals surface area (Å²) in [4.78, 5) is 36.9. The minimum atomic E-state index is -1.32. The number of thiophene rings is 1. The number of hydrogen-bond donors (Lipinski definition) is 1. The Morgan fingerprint density at radius 2 is 1.68 bits per heavy atom. The van der Waals surface area contributed by atoms with E-state index in [0.29, 0.717) is 5.56 Å². The van der Waals surface area contributed by atoms with E-state index in [4.69, 9.17) is 14.2 Å². The highest BCUT2D eigenvalue weighted by Crippen LogP contribution is 2.27. The van der Waals surface area contributed by atoms with Crippen molar-refractivity contribution in [3.63, 3.8) is 0 Å². The van der Waals surface area contributed by atoms with Gasteiger partial charge in [-0.25, -0.2) is 4.79 Å². The summed E-state index contributed by atoms with van der Waals surface area (Å²) in [6.45, 7) is 8.66. The lowest BCUT2D eigenvalue weighted by Crippen LogP contribution is -2.43. The normalized spacial score (nSPS) is 12.4. The van der Waals surface area contributed by atoms with Gasteiger partial charge in [0.15, 0.2) is 5.92 Å². The van der Waals surface area contributed by atoms with E-state index < -0.39 is 35.6 Å². The van der Waals surface area contributed by atoms with Crippen LogP contribution >= 0.6 is 11.3 Å². The molecule has 1 atom stereocenters. The van der Waals surface area contributed by atoms with Crippen LogP contribution in [0.4, 0.5) is 4.79 Å². The molecule has 25 heavy (non-hydrogen) atoms. The van der Waals surface area contributed by atoms with Gasteiger partial charge in [0, 0.05) is 0 Å². The Hall–Kier alpha value is -2.09. The number of ether oxygens (including phenoxy) is 3. The summed E-state index contributed by atoms with van der Waals surface area (Å²) >= 11 is 1.38. The van der Waals surface area contributed by atoms with Crippen LogP contribution in [0.3, 0.4) is 0 Å². The maximum absolute atomic E-state index is 12.4. The summed E-state index contributed by atoms with van der Waals surface area (Å²) in [5.41, 5.74) is -0.117. The average Bonchev–Trinajstić information content (AvgIpc) is 2.99. The molecule has 7 nitrogen and oxygen atoms in total. The topological polar surface area (TPSA) is 90.9 Å². The highest BCUT2D eigenvalue weighted by atomic mass is 32.1. The van der Waals surface area contributed by atoms with E-state index >= 15 is 0 Å². The van der Waals surface area contributed by atoms with Crippen LogP contribution in [-0.4, -0.2) is 36.8 Å². The van der Waals surface area contributed by atoms with E-state index in [1.54, 1.807) is 51.4 Å². The van der Waals surface area contributed by atoms with Crippen molar-refractivity contribution in [2.45, 2.75) is 46.3 Å². The fourth-order valence-electron chi connectivity index (χ4n) is 2.08. The molecule has 0 aromatic carbocycles. The van der Waals surface area contributed by atoms with Crippen molar-refractivity contribution in [2.24, 2.45) is 5.92 Å². The van der Waals surface area contributed by atoms with Gasteiger partial charge in [-0.3, -0.25) is 9.59 Å². The van der Waals surface area contributed by atoms with Crippen molar-refractivity contribution in [2.75, 3.05) is 13.2 Å². The molecule has 1 rings (SSSR count). The van der Waals surface area contributed by atoms with Crippen LogP contribution in [0.5, 0.6) is 0 Å². The first kappa shape index (κ1) is 21.0. The number of esters is 2. The predicted octanol–water partition coefficient (Wildman–Crippen LogP) is 3.06. The summed E-state index contributed by atoms with van der Waals surface area (Å²) in [5.74, 6) is -2.83. The van der Waals surface area contributed by atoms with E-state index in [1.807, 2.05) is 0 Å². The predicted molar refractivity (Wildman–Crippen MR) is 93.2 cm³/mol. The molecule has 0 aliphatic rings. The quantitative estimate of drug-likeness (QED) is 0.450. The number of rotatable bonds is 7. The number of amides is 1. The second-order valence-corrected chi connectivity index (χ2v) is 6.94. The van der Waals surface area contributed by atoms with Crippen molar-refractivity contribution >= 4 is 29.4 Å². The second kappa shape index (κ2) is 9.41. The SMILES string of the molecule is CCOC(=O)C(C(=O)OCC)C(NC(=O)OC(C)(C)C)c1ccsc1. The Balaban J connectivity index is 3.14. The van der Waals surface area contributed by atoms with E-state index in [2.05, 4.69) is 5.32 Å². The number of alkyl carbamates (subject to hydrolysis) is 1. The zero-order valence-corrected chi connectivity index (χ0v) is 16.0. The molecule has 140 valence electrons. The third kappa shape index (κ3) is 6.74. The van der Waals surface area contributed by atoms with Gasteiger partial charge in [-0.15, -0.1) is 0 Å². The summed E-state index contributed by atoms with van der Waals surface area (Å²) in [7, 11) is 0. The molecule has 1 N–H and O–H groups in total. The number of hydrogen-bond acceptors (Lipinski definition) is 7. The van der Waals surface area contributed by atoms with Crippen LogP contribution in [0.2, 0.25) is 0 Å². The van der Waals surface area contributed by atoms with Crippen LogP contribution < -0.4 is 5.32 Å². The van der Waals surface area contributed by atoms with Gasteiger partial charge in [0.1, 0.15) is 5.60 Å². The Morgan fingerprint density at radius 1 is 1.12 bits per heavy atom. The van der Waals surface area contributed by atoms with Gasteiger partial charge in [-0.1, -0.05) is 0 Å². The molecule has 1 heterocycles. The van der Waals surface area contributed by atoms with Gasteiger partial charge in [0.05, 0.1) is 19.3 Å². The van der Waals surface area contributed by atoms with Crippen LogP contribution in [-0.2, 0) is 23.8 Å². The molecule has 0 saturated heterocycles. The molecular weight excluding hydrogens is 346 g/mol. The molecule has 0 radical (unpaired) electrons. The average molecular weight is 371 g/mol. The standard InChI is InChI=1S/C17H25NO6S/c1-6-22-14(19)12(15(20)23-7-2)13(11-8-9-25-10-11)18-16(21)24-17(3,4)5/h8-10,12-13H,6-7H2,1-5H3,(H,18,21). The summed E-state index contributed by atoms with van der Waals surface area (Å²) in [6.07, 6.45) is -0.734. The van der Waals surface area contributed by atoms with Gasteiger partial charge < -0.3 is 19.5 Å². The molecule has 8 heteroatoms. The highest BCUT2D eigenvalue weighted by molar-refractivity contribution is 7.08. The van der Waals surface area contributed by atoms with E-state index in [9.17, 15) is 14.4 Å². The monoisotopic (exact) mass is 371 g/mol. The summed E-state index contributed by atoms with van der Waals surface area (Å²) in [5, 5.41) is 6.13. The van der Waals surface area contributed by atoms with E-state index in [0.717, 1.165) is 0 Å². The Kier molecular flexibility index (Phi) is 7.89. The highest BCUT2D eigenvalue weighted by Gasteiger charge is 2.40. The minimum Gasteiger partial charge on any atom is -0.465 e. The molecular formula is C17H25NO6S. The molecule has 0 spiro atoms. The van der Waals surface area contributed by atoms with Crippen LogP contribution in [0.25, 0.3) is 0 Å². The molecule has 1 aromatic heterocycles. The first-order chi connectivity index (χ1) is 11.7. The molecule has 1 unspecified atom stereocenters. The van der Waals surface area contributed by atoms with Crippen molar-refractivity contribution in [3.8, 4) is 0 Å². The zero-order chi connectivity index (χ0) is 19.0. The number of carbonyl (C=O) groups excluding carboxylic acids is 3. The lowest BCUT2D eigenvalue weighted by atomic mass is 9.95. The van der Waals surface area contributed by atoms with Crippen LogP contribution in [0.15, 0.2) is 16.8 Å². The number of nitrogens with one attached hydrogen (secondary N) is 1. The molecule has 0 saturated carbocycles. The molecule has 0 fully saturated rings.